The van der Waals surface area contributed by atoms with Crippen molar-refractivity contribution in [2.75, 3.05) is 86.3 Å². The third-order valence-electron chi connectivity index (χ3n) is 13.4. The first kappa shape index (κ1) is 39.3. The number of fused-ring (bicyclic) bond motifs is 4. The zero-order chi connectivity index (χ0) is 42.2. The smallest absolute Gasteiger partial charge is 0.272 e. The number of hydrogen-bond acceptors (Lipinski definition) is 12. The molecular weight excluding hydrogens is 765 g/mol. The molecule has 2 atom stereocenters. The molecule has 2 unspecified atom stereocenters. The monoisotopic (exact) mass is 814 g/mol. The Kier molecular flexibility index (Phi) is 9.36. The summed E-state index contributed by atoms with van der Waals surface area (Å²) in [6.07, 6.45) is 7.91. The molecule has 0 aromatic heterocycles. The highest BCUT2D eigenvalue weighted by Gasteiger charge is 2.59. The van der Waals surface area contributed by atoms with Crippen LogP contribution in [0.4, 0.5) is 34.1 Å². The Balaban J connectivity index is 0.981. The van der Waals surface area contributed by atoms with Gasteiger partial charge >= 0.3 is 0 Å². The third-order valence-corrected chi connectivity index (χ3v) is 13.4. The van der Waals surface area contributed by atoms with E-state index in [0.717, 1.165) is 22.5 Å². The molecule has 0 amide bonds. The Bertz CT molecular complexity index is 2290. The Morgan fingerprint density at radius 3 is 1.27 bits per heavy atom. The first-order valence-electron chi connectivity index (χ1n) is 20.4. The van der Waals surface area contributed by atoms with Crippen molar-refractivity contribution in [2.24, 2.45) is 0 Å². The summed E-state index contributed by atoms with van der Waals surface area (Å²) >= 11 is 0. The minimum atomic E-state index is -0.880. The van der Waals surface area contributed by atoms with Gasteiger partial charge in [0.05, 0.1) is 58.5 Å². The second-order valence-corrected chi connectivity index (χ2v) is 17.1. The fourth-order valence-corrected chi connectivity index (χ4v) is 9.99. The van der Waals surface area contributed by atoms with Crippen LogP contribution in [0.3, 0.4) is 0 Å². The van der Waals surface area contributed by atoms with Crippen molar-refractivity contribution >= 4 is 46.3 Å². The van der Waals surface area contributed by atoms with Gasteiger partial charge in [-0.05, 0) is 75.3 Å². The molecule has 0 saturated carbocycles. The van der Waals surface area contributed by atoms with Crippen LogP contribution in [0, 0.1) is 20.2 Å². The van der Waals surface area contributed by atoms with Crippen molar-refractivity contribution in [2.45, 2.75) is 50.0 Å². The van der Waals surface area contributed by atoms with Crippen molar-refractivity contribution in [3.05, 3.63) is 127 Å². The molecule has 0 N–H and O–H groups in total. The van der Waals surface area contributed by atoms with Crippen LogP contribution in [0.2, 0.25) is 0 Å². The number of benzene rings is 4. The summed E-state index contributed by atoms with van der Waals surface area (Å²) in [6.45, 7) is 11.5. The number of likely N-dealkylation sites (N-methyl/N-ethyl adjacent to an activating group) is 2. The average Bonchev–Trinajstić information content (AvgIpc) is 3.50. The van der Waals surface area contributed by atoms with Gasteiger partial charge < -0.3 is 38.5 Å². The van der Waals surface area contributed by atoms with Gasteiger partial charge in [-0.25, -0.2) is 0 Å². The molecule has 5 aliphatic rings. The summed E-state index contributed by atoms with van der Waals surface area (Å²) in [4.78, 5) is 32.1. The number of nitro groups is 2. The van der Waals surface area contributed by atoms with Crippen LogP contribution in [0.25, 0.3) is 12.2 Å². The van der Waals surface area contributed by atoms with Crippen LogP contribution in [-0.4, -0.2) is 88.0 Å². The van der Waals surface area contributed by atoms with Gasteiger partial charge in [0.25, 0.3) is 11.4 Å². The summed E-state index contributed by atoms with van der Waals surface area (Å²) < 4.78 is 26.8. The SMILES string of the molecule is CN1c2ccccc2C(C)(C)C12C=Cc1cc([N+](=O)[O-])cc(N3CCOCCN(c4cc([N+](=O)[O-])cc5c4OC4(C=C5)N(C)c5ccccc5C4(C)C)CCOCC3)c1O2. The molecule has 0 aliphatic carbocycles. The largest absolute Gasteiger partial charge is 0.461 e. The summed E-state index contributed by atoms with van der Waals surface area (Å²) in [6, 6.07) is 22.8. The predicted molar refractivity (Wildman–Crippen MR) is 233 cm³/mol. The zero-order valence-corrected chi connectivity index (χ0v) is 34.8. The lowest BCUT2D eigenvalue weighted by Gasteiger charge is -2.46. The number of rotatable bonds is 4. The molecule has 2 spiro atoms. The van der Waals surface area contributed by atoms with E-state index < -0.39 is 22.3 Å². The average molecular weight is 815 g/mol. The molecule has 14 heteroatoms. The van der Waals surface area contributed by atoms with E-state index in [-0.39, 0.29) is 21.2 Å². The van der Waals surface area contributed by atoms with Gasteiger partial charge in [0.1, 0.15) is 0 Å². The van der Waals surface area contributed by atoms with Crippen LogP contribution in [0.1, 0.15) is 49.9 Å². The molecule has 5 aliphatic heterocycles. The van der Waals surface area contributed by atoms with Crippen molar-refractivity contribution in [1.29, 1.82) is 0 Å². The molecular formula is C46H50N6O8. The lowest BCUT2D eigenvalue weighted by atomic mass is 9.76. The normalized spacial score (nSPS) is 23.8. The Morgan fingerprint density at radius 1 is 0.550 bits per heavy atom. The molecule has 4 aromatic rings. The maximum atomic E-state index is 12.3. The molecule has 14 nitrogen and oxygen atoms in total. The Hall–Kier alpha value is -6.12. The third kappa shape index (κ3) is 5.82. The molecule has 60 heavy (non-hydrogen) atoms. The van der Waals surface area contributed by atoms with E-state index in [4.69, 9.17) is 18.9 Å². The number of hydrogen-bond donors (Lipinski definition) is 0. The van der Waals surface area contributed by atoms with Crippen molar-refractivity contribution in [3.63, 3.8) is 0 Å². The van der Waals surface area contributed by atoms with Crippen LogP contribution < -0.4 is 29.1 Å². The van der Waals surface area contributed by atoms with E-state index in [9.17, 15) is 20.2 Å². The van der Waals surface area contributed by atoms with Crippen LogP contribution in [0.15, 0.2) is 84.9 Å². The van der Waals surface area contributed by atoms with Gasteiger partial charge in [-0.3, -0.25) is 20.2 Å². The molecule has 0 radical (unpaired) electrons. The molecule has 0 bridgehead atoms. The second-order valence-electron chi connectivity index (χ2n) is 17.1. The van der Waals surface area contributed by atoms with Gasteiger partial charge in [-0.1, -0.05) is 36.4 Å². The minimum absolute atomic E-state index is 0.0333. The maximum Gasteiger partial charge on any atom is 0.272 e. The zero-order valence-electron chi connectivity index (χ0n) is 34.8. The highest BCUT2D eigenvalue weighted by atomic mass is 16.6. The minimum Gasteiger partial charge on any atom is -0.461 e. The number of ether oxygens (including phenoxy) is 4. The summed E-state index contributed by atoms with van der Waals surface area (Å²) in [5.74, 6) is 1.13. The first-order valence-corrected chi connectivity index (χ1v) is 20.4. The molecule has 1 fully saturated rings. The highest BCUT2D eigenvalue weighted by Crippen LogP contribution is 2.57. The van der Waals surface area contributed by atoms with Gasteiger partial charge in [0.15, 0.2) is 11.5 Å². The molecule has 312 valence electrons. The summed E-state index contributed by atoms with van der Waals surface area (Å²) in [5, 5.41) is 24.5. The fraction of sp³-hybridized carbons (Fsp3) is 0.391. The predicted octanol–water partition coefficient (Wildman–Crippen LogP) is 7.92. The van der Waals surface area contributed by atoms with E-state index in [1.165, 1.54) is 0 Å². The maximum absolute atomic E-state index is 12.3. The second kappa shape index (κ2) is 14.3. The summed E-state index contributed by atoms with van der Waals surface area (Å²) in [5.41, 5.74) is 4.14. The van der Waals surface area contributed by atoms with E-state index in [1.54, 1.807) is 24.3 Å². The molecule has 4 aromatic carbocycles. The van der Waals surface area contributed by atoms with E-state index in [2.05, 4.69) is 61.8 Å². The van der Waals surface area contributed by atoms with Crippen molar-refractivity contribution < 1.29 is 28.8 Å². The highest BCUT2D eigenvalue weighted by molar-refractivity contribution is 5.81. The van der Waals surface area contributed by atoms with Crippen LogP contribution in [-0.2, 0) is 20.3 Å². The molecule has 5 heterocycles. The Morgan fingerprint density at radius 2 is 0.917 bits per heavy atom. The number of nitrogens with zero attached hydrogens (tertiary/aromatic N) is 6. The topological polar surface area (TPSA) is 136 Å². The lowest BCUT2D eigenvalue weighted by Crippen LogP contribution is -2.58. The first-order chi connectivity index (χ1) is 28.7. The quantitative estimate of drug-likeness (QED) is 0.146. The number of para-hydroxylation sites is 2. The lowest BCUT2D eigenvalue weighted by molar-refractivity contribution is -0.385. The van der Waals surface area contributed by atoms with Gasteiger partial charge in [-0.2, -0.15) is 0 Å². The Labute approximate surface area is 349 Å². The van der Waals surface area contributed by atoms with E-state index in [1.807, 2.05) is 72.5 Å². The van der Waals surface area contributed by atoms with Crippen LogP contribution >= 0.6 is 0 Å². The van der Waals surface area contributed by atoms with E-state index >= 15 is 0 Å². The number of non-ortho nitro benzene ring substituents is 2. The van der Waals surface area contributed by atoms with Gasteiger partial charge in [0.2, 0.25) is 11.4 Å². The molecule has 9 rings (SSSR count). The summed E-state index contributed by atoms with van der Waals surface area (Å²) in [7, 11) is 4.04. The van der Waals surface area contributed by atoms with Crippen molar-refractivity contribution in [3.8, 4) is 11.5 Å². The standard InChI is InChI=1S/C46H50N6O8/c1-43(2)35-11-7-9-13-37(35)47(5)45(43)17-15-31-27-33(51(53)54)29-39(41(31)59-45)49-19-23-57-25-21-50(22-26-58-24-20-49)40-30-34(52(55)56)28-32-16-18-46(60-42(32)40)44(3,4)36-12-8-10-14-38(36)48(46)6/h7-18,27-30H,19-26H2,1-6H3. The number of anilines is 4. The van der Waals surface area contributed by atoms with Gasteiger partial charge in [-0.15, -0.1) is 0 Å². The molecule has 1 saturated heterocycles. The van der Waals surface area contributed by atoms with Gasteiger partial charge in [0, 0.05) is 87.0 Å². The van der Waals surface area contributed by atoms with E-state index in [0.29, 0.717) is 86.6 Å². The van der Waals surface area contributed by atoms with Crippen molar-refractivity contribution in [1.82, 2.24) is 0 Å². The number of nitro benzene ring substituents is 2. The fourth-order valence-electron chi connectivity index (χ4n) is 9.99. The van der Waals surface area contributed by atoms with Crippen LogP contribution in [0.5, 0.6) is 11.5 Å².